The van der Waals surface area contributed by atoms with Crippen molar-refractivity contribution in [2.75, 3.05) is 13.1 Å². The maximum atomic E-state index is 5.83. The van der Waals surface area contributed by atoms with E-state index in [9.17, 15) is 0 Å². The Kier molecular flexibility index (Phi) is 5.87. The second-order valence-electron chi connectivity index (χ2n) is 5.80. The molecule has 1 fully saturated rings. The van der Waals surface area contributed by atoms with Gasteiger partial charge in [-0.1, -0.05) is 50.5 Å². The lowest BCUT2D eigenvalue weighted by Gasteiger charge is -2.29. The normalized spacial score (nSPS) is 17.0. The van der Waals surface area contributed by atoms with Crippen molar-refractivity contribution in [2.45, 2.75) is 52.1 Å². The summed E-state index contributed by atoms with van der Waals surface area (Å²) in [6.45, 7) is 6.37. The summed E-state index contributed by atoms with van der Waals surface area (Å²) in [6, 6.07) is 8.60. The van der Waals surface area contributed by atoms with Crippen LogP contribution in [0.1, 0.15) is 50.2 Å². The van der Waals surface area contributed by atoms with Crippen LogP contribution in [0.15, 0.2) is 24.3 Å². The summed E-state index contributed by atoms with van der Waals surface area (Å²) in [4.78, 5) is 2.59. The summed E-state index contributed by atoms with van der Waals surface area (Å²) in [5, 5.41) is 0. The fourth-order valence-electron chi connectivity index (χ4n) is 3.19. The van der Waals surface area contributed by atoms with E-state index in [1.165, 1.54) is 49.8 Å². The molecule has 0 spiro atoms. The van der Waals surface area contributed by atoms with Crippen LogP contribution in [0.4, 0.5) is 0 Å². The van der Waals surface area contributed by atoms with Crippen molar-refractivity contribution in [1.82, 2.24) is 4.90 Å². The van der Waals surface area contributed by atoms with Crippen LogP contribution in [-0.4, -0.2) is 18.0 Å². The summed E-state index contributed by atoms with van der Waals surface area (Å²) in [7, 11) is 0. The van der Waals surface area contributed by atoms with Gasteiger partial charge in [-0.25, -0.2) is 0 Å². The molecular formula is C17H28N2. The van der Waals surface area contributed by atoms with Crippen LogP contribution < -0.4 is 5.73 Å². The molecule has 1 aliphatic rings. The Morgan fingerprint density at radius 1 is 1.11 bits per heavy atom. The first kappa shape index (κ1) is 14.5. The van der Waals surface area contributed by atoms with Gasteiger partial charge < -0.3 is 5.73 Å². The molecule has 1 aromatic rings. The van der Waals surface area contributed by atoms with E-state index in [1.54, 1.807) is 0 Å². The first-order valence-electron chi connectivity index (χ1n) is 7.82. The quantitative estimate of drug-likeness (QED) is 0.847. The lowest BCUT2D eigenvalue weighted by molar-refractivity contribution is 0.201. The summed E-state index contributed by atoms with van der Waals surface area (Å²) in [5.74, 6) is 0.915. The van der Waals surface area contributed by atoms with Crippen molar-refractivity contribution in [3.63, 3.8) is 0 Å². The molecule has 0 unspecified atom stereocenters. The van der Waals surface area contributed by atoms with Gasteiger partial charge in [0.15, 0.2) is 0 Å². The van der Waals surface area contributed by atoms with Crippen molar-refractivity contribution in [3.8, 4) is 0 Å². The number of nitrogens with zero attached hydrogens (tertiary/aromatic N) is 1. The highest BCUT2D eigenvalue weighted by Gasteiger charge is 2.17. The number of rotatable bonds is 6. The van der Waals surface area contributed by atoms with Crippen molar-refractivity contribution in [3.05, 3.63) is 35.4 Å². The Morgan fingerprint density at radius 3 is 2.42 bits per heavy atom. The van der Waals surface area contributed by atoms with E-state index in [4.69, 9.17) is 5.73 Å². The molecule has 2 nitrogen and oxygen atoms in total. The summed E-state index contributed by atoms with van der Waals surface area (Å²) in [6.07, 6.45) is 7.16. The Labute approximate surface area is 118 Å². The first-order valence-corrected chi connectivity index (χ1v) is 7.82. The fourth-order valence-corrected chi connectivity index (χ4v) is 3.19. The number of hydrogen-bond donors (Lipinski definition) is 1. The van der Waals surface area contributed by atoms with Crippen LogP contribution >= 0.6 is 0 Å². The van der Waals surface area contributed by atoms with Crippen molar-refractivity contribution >= 4 is 0 Å². The van der Waals surface area contributed by atoms with Gasteiger partial charge in [-0.2, -0.15) is 0 Å². The SMILES string of the molecule is CCN(Cc1ccccc1CN)CC1CCCCC1. The van der Waals surface area contributed by atoms with E-state index in [1.807, 2.05) is 0 Å². The molecule has 2 heteroatoms. The average molecular weight is 260 g/mol. The number of nitrogens with two attached hydrogens (primary N) is 1. The Morgan fingerprint density at radius 2 is 1.79 bits per heavy atom. The van der Waals surface area contributed by atoms with Gasteiger partial charge in [0.05, 0.1) is 0 Å². The van der Waals surface area contributed by atoms with E-state index in [0.29, 0.717) is 6.54 Å². The van der Waals surface area contributed by atoms with Gasteiger partial charge in [-0.05, 0) is 36.4 Å². The van der Waals surface area contributed by atoms with Crippen LogP contribution in [0, 0.1) is 5.92 Å². The average Bonchev–Trinajstić information content (AvgIpc) is 2.48. The lowest BCUT2D eigenvalue weighted by Crippen LogP contribution is -2.30. The fraction of sp³-hybridized carbons (Fsp3) is 0.647. The molecule has 19 heavy (non-hydrogen) atoms. The zero-order valence-electron chi connectivity index (χ0n) is 12.3. The van der Waals surface area contributed by atoms with E-state index >= 15 is 0 Å². The molecule has 1 saturated carbocycles. The highest BCUT2D eigenvalue weighted by molar-refractivity contribution is 5.26. The molecule has 2 N–H and O–H groups in total. The molecule has 2 rings (SSSR count). The predicted octanol–water partition coefficient (Wildman–Crippen LogP) is 3.55. The van der Waals surface area contributed by atoms with Crippen molar-refractivity contribution in [2.24, 2.45) is 11.7 Å². The van der Waals surface area contributed by atoms with Gasteiger partial charge >= 0.3 is 0 Å². The summed E-state index contributed by atoms with van der Waals surface area (Å²) >= 11 is 0. The van der Waals surface area contributed by atoms with Gasteiger partial charge in [0, 0.05) is 19.6 Å². The van der Waals surface area contributed by atoms with E-state index in [2.05, 4.69) is 36.1 Å². The molecule has 0 heterocycles. The third kappa shape index (κ3) is 4.32. The van der Waals surface area contributed by atoms with Gasteiger partial charge in [0.2, 0.25) is 0 Å². The minimum Gasteiger partial charge on any atom is -0.326 e. The van der Waals surface area contributed by atoms with Crippen LogP contribution in [0.3, 0.4) is 0 Å². The molecule has 1 aliphatic carbocycles. The molecule has 0 radical (unpaired) electrons. The van der Waals surface area contributed by atoms with Crippen LogP contribution in [0.25, 0.3) is 0 Å². The third-order valence-electron chi connectivity index (χ3n) is 4.42. The molecule has 0 aliphatic heterocycles. The zero-order chi connectivity index (χ0) is 13.5. The Balaban J connectivity index is 1.94. The van der Waals surface area contributed by atoms with E-state index in [-0.39, 0.29) is 0 Å². The molecule has 0 bridgehead atoms. The highest BCUT2D eigenvalue weighted by Crippen LogP contribution is 2.25. The van der Waals surface area contributed by atoms with E-state index in [0.717, 1.165) is 19.0 Å². The Hall–Kier alpha value is -0.860. The smallest absolute Gasteiger partial charge is 0.0236 e. The van der Waals surface area contributed by atoms with Crippen molar-refractivity contribution < 1.29 is 0 Å². The summed E-state index contributed by atoms with van der Waals surface area (Å²) < 4.78 is 0. The van der Waals surface area contributed by atoms with Crippen LogP contribution in [0.5, 0.6) is 0 Å². The second kappa shape index (κ2) is 7.66. The topological polar surface area (TPSA) is 29.3 Å². The van der Waals surface area contributed by atoms with Gasteiger partial charge in [-0.3, -0.25) is 4.90 Å². The molecule has 1 aromatic carbocycles. The third-order valence-corrected chi connectivity index (χ3v) is 4.42. The minimum absolute atomic E-state index is 0.650. The maximum absolute atomic E-state index is 5.83. The van der Waals surface area contributed by atoms with Gasteiger partial charge in [0.1, 0.15) is 0 Å². The molecule has 0 saturated heterocycles. The second-order valence-corrected chi connectivity index (χ2v) is 5.80. The molecular weight excluding hydrogens is 232 g/mol. The van der Waals surface area contributed by atoms with Gasteiger partial charge in [-0.15, -0.1) is 0 Å². The van der Waals surface area contributed by atoms with E-state index < -0.39 is 0 Å². The molecule has 106 valence electrons. The zero-order valence-corrected chi connectivity index (χ0v) is 12.3. The standard InChI is InChI=1S/C17H28N2/c1-2-19(13-15-8-4-3-5-9-15)14-17-11-7-6-10-16(17)12-18/h6-7,10-11,15H,2-5,8-9,12-14,18H2,1H3. The van der Waals surface area contributed by atoms with Crippen LogP contribution in [-0.2, 0) is 13.1 Å². The number of benzene rings is 1. The monoisotopic (exact) mass is 260 g/mol. The minimum atomic E-state index is 0.650. The maximum Gasteiger partial charge on any atom is 0.0236 e. The summed E-state index contributed by atoms with van der Waals surface area (Å²) in [5.41, 5.74) is 8.53. The predicted molar refractivity (Wildman–Crippen MR) is 81.9 cm³/mol. The number of hydrogen-bond acceptors (Lipinski definition) is 2. The molecule has 0 atom stereocenters. The van der Waals surface area contributed by atoms with Gasteiger partial charge in [0.25, 0.3) is 0 Å². The lowest BCUT2D eigenvalue weighted by atomic mass is 9.89. The van der Waals surface area contributed by atoms with Crippen LogP contribution in [0.2, 0.25) is 0 Å². The molecule has 0 amide bonds. The largest absolute Gasteiger partial charge is 0.326 e. The highest BCUT2D eigenvalue weighted by atomic mass is 15.1. The Bertz CT molecular complexity index is 369. The first-order chi connectivity index (χ1) is 9.33. The molecule has 0 aromatic heterocycles. The van der Waals surface area contributed by atoms with Crippen molar-refractivity contribution in [1.29, 1.82) is 0 Å².